The van der Waals surface area contributed by atoms with Crippen LogP contribution in [0.3, 0.4) is 0 Å². The number of hydrogen-bond acceptors (Lipinski definition) is 6. The molecule has 0 atom stereocenters. The van der Waals surface area contributed by atoms with Crippen LogP contribution in [0.5, 0.6) is 28.7 Å². The number of methoxy groups -OCH3 is 2. The van der Waals surface area contributed by atoms with Crippen molar-refractivity contribution < 1.29 is 28.8 Å². The average Bonchev–Trinajstić information content (AvgIpc) is 3.07. The fraction of sp³-hybridized carbons (Fsp3) is 0.125. The number of phenols is 1. The first-order valence-electron chi connectivity index (χ1n) is 9.29. The van der Waals surface area contributed by atoms with Crippen LogP contribution in [0, 0.1) is 0 Å². The number of carbonyl (C=O) groups excluding carboxylic acids is 1. The molecule has 152 valence electrons. The maximum Gasteiger partial charge on any atom is 0.231 e. The zero-order valence-corrected chi connectivity index (χ0v) is 16.5. The van der Waals surface area contributed by atoms with Gasteiger partial charge in [-0.15, -0.1) is 0 Å². The summed E-state index contributed by atoms with van der Waals surface area (Å²) in [6, 6.07) is 17.7. The van der Waals surface area contributed by atoms with E-state index in [2.05, 4.69) is 0 Å². The Labute approximate surface area is 173 Å². The lowest BCUT2D eigenvalue weighted by molar-refractivity contribution is 0.101. The summed E-state index contributed by atoms with van der Waals surface area (Å²) in [6.45, 7) is 0.356. The maximum absolute atomic E-state index is 12.6. The summed E-state index contributed by atoms with van der Waals surface area (Å²) in [5.41, 5.74) is 2.07. The minimum Gasteiger partial charge on any atom is -0.508 e. The third-order valence-electron chi connectivity index (χ3n) is 4.66. The van der Waals surface area contributed by atoms with E-state index in [0.29, 0.717) is 40.7 Å². The molecule has 0 saturated carbocycles. The van der Waals surface area contributed by atoms with Crippen LogP contribution in [0.4, 0.5) is 0 Å². The highest BCUT2D eigenvalue weighted by Gasteiger charge is 2.28. The van der Waals surface area contributed by atoms with E-state index >= 15 is 0 Å². The first-order chi connectivity index (χ1) is 14.6. The highest BCUT2D eigenvalue weighted by molar-refractivity contribution is 6.14. The molecular formula is C24H20O6. The van der Waals surface area contributed by atoms with E-state index in [1.165, 1.54) is 32.4 Å². The molecule has 0 spiro atoms. The molecule has 1 heterocycles. The Kier molecular flexibility index (Phi) is 5.30. The molecule has 0 aliphatic carbocycles. The molecule has 1 aliphatic heterocycles. The first-order valence-corrected chi connectivity index (χ1v) is 9.29. The van der Waals surface area contributed by atoms with Crippen LogP contribution >= 0.6 is 0 Å². The Morgan fingerprint density at radius 2 is 1.67 bits per heavy atom. The summed E-state index contributed by atoms with van der Waals surface area (Å²) in [5, 5.41) is 9.60. The van der Waals surface area contributed by atoms with Crippen molar-refractivity contribution in [1.82, 2.24) is 0 Å². The lowest BCUT2D eigenvalue weighted by atomic mass is 10.1. The third kappa shape index (κ3) is 3.80. The molecule has 6 heteroatoms. The summed E-state index contributed by atoms with van der Waals surface area (Å²) >= 11 is 0. The van der Waals surface area contributed by atoms with Crippen molar-refractivity contribution in [2.24, 2.45) is 0 Å². The molecule has 0 amide bonds. The van der Waals surface area contributed by atoms with E-state index in [-0.39, 0.29) is 17.3 Å². The van der Waals surface area contributed by atoms with E-state index in [0.717, 1.165) is 5.56 Å². The molecule has 0 radical (unpaired) electrons. The van der Waals surface area contributed by atoms with Crippen LogP contribution in [0.1, 0.15) is 21.5 Å². The number of phenolic OH excluding ortho intramolecular Hbond substituents is 1. The highest BCUT2D eigenvalue weighted by atomic mass is 16.5. The zero-order chi connectivity index (χ0) is 21.1. The van der Waals surface area contributed by atoms with E-state index in [9.17, 15) is 9.90 Å². The van der Waals surface area contributed by atoms with Crippen LogP contribution in [0.25, 0.3) is 6.08 Å². The molecule has 3 aromatic rings. The van der Waals surface area contributed by atoms with E-state index in [1.54, 1.807) is 18.2 Å². The van der Waals surface area contributed by atoms with Crippen LogP contribution in [0.2, 0.25) is 0 Å². The Hall–Kier alpha value is -3.93. The molecule has 0 aromatic heterocycles. The fourth-order valence-electron chi connectivity index (χ4n) is 3.18. The van der Waals surface area contributed by atoms with Gasteiger partial charge in [-0.1, -0.05) is 30.3 Å². The van der Waals surface area contributed by atoms with Crippen molar-refractivity contribution >= 4 is 11.9 Å². The monoisotopic (exact) mass is 404 g/mol. The number of hydrogen-bond donors (Lipinski definition) is 1. The number of benzene rings is 3. The lowest BCUT2D eigenvalue weighted by Crippen LogP contribution is -2.01. The molecule has 3 aromatic carbocycles. The van der Waals surface area contributed by atoms with Gasteiger partial charge >= 0.3 is 0 Å². The Bertz CT molecular complexity index is 1090. The number of fused-ring (bicyclic) bond motifs is 1. The van der Waals surface area contributed by atoms with Crippen LogP contribution in [-0.2, 0) is 6.61 Å². The molecule has 30 heavy (non-hydrogen) atoms. The van der Waals surface area contributed by atoms with Crippen LogP contribution < -0.4 is 18.9 Å². The van der Waals surface area contributed by atoms with Gasteiger partial charge in [0.05, 0.1) is 19.8 Å². The van der Waals surface area contributed by atoms with Gasteiger partial charge in [-0.3, -0.25) is 4.79 Å². The molecule has 0 unspecified atom stereocenters. The smallest absolute Gasteiger partial charge is 0.231 e. The summed E-state index contributed by atoms with van der Waals surface area (Å²) in [4.78, 5) is 12.6. The van der Waals surface area contributed by atoms with E-state index in [1.807, 2.05) is 30.3 Å². The van der Waals surface area contributed by atoms with Gasteiger partial charge in [0, 0.05) is 6.07 Å². The minimum absolute atomic E-state index is 0.0334. The van der Waals surface area contributed by atoms with Crippen molar-refractivity contribution in [3.05, 3.63) is 83.1 Å². The number of allylic oxidation sites excluding steroid dienone is 1. The number of ether oxygens (including phenoxy) is 4. The van der Waals surface area contributed by atoms with Crippen LogP contribution in [0.15, 0.2) is 66.4 Å². The van der Waals surface area contributed by atoms with Gasteiger partial charge < -0.3 is 24.1 Å². The van der Waals surface area contributed by atoms with Gasteiger partial charge in [-0.2, -0.15) is 0 Å². The standard InChI is InChI=1S/C24H20O6/c1-27-21-11-16(10-20-23(26)18-9-8-17(25)13-19(18)30-20)12-22(28-2)24(21)29-14-15-6-4-3-5-7-15/h3-13,25H,14H2,1-2H3/b20-10-. The minimum atomic E-state index is -0.257. The molecule has 1 N–H and O–H groups in total. The summed E-state index contributed by atoms with van der Waals surface area (Å²) in [5.74, 6) is 1.66. The second kappa shape index (κ2) is 8.21. The average molecular weight is 404 g/mol. The second-order valence-electron chi connectivity index (χ2n) is 6.65. The zero-order valence-electron chi connectivity index (χ0n) is 16.5. The van der Waals surface area contributed by atoms with E-state index < -0.39 is 0 Å². The van der Waals surface area contributed by atoms with Crippen molar-refractivity contribution in [3.8, 4) is 28.7 Å². The van der Waals surface area contributed by atoms with Crippen molar-refractivity contribution in [3.63, 3.8) is 0 Å². The summed E-state index contributed by atoms with van der Waals surface area (Å²) in [6.07, 6.45) is 1.60. The molecular weight excluding hydrogens is 384 g/mol. The summed E-state index contributed by atoms with van der Waals surface area (Å²) < 4.78 is 22.6. The molecule has 1 aliphatic rings. The van der Waals surface area contributed by atoms with Gasteiger partial charge in [0.15, 0.2) is 17.3 Å². The first kappa shape index (κ1) is 19.4. The number of Topliss-reactive ketones (excluding diaryl/α,β-unsaturated/α-hetero) is 1. The Balaban J connectivity index is 1.64. The number of ketones is 1. The fourth-order valence-corrected chi connectivity index (χ4v) is 3.18. The van der Waals surface area contributed by atoms with Gasteiger partial charge in [0.2, 0.25) is 11.5 Å². The summed E-state index contributed by atoms with van der Waals surface area (Å²) in [7, 11) is 3.08. The van der Waals surface area contributed by atoms with Crippen molar-refractivity contribution in [1.29, 1.82) is 0 Å². The van der Waals surface area contributed by atoms with Gasteiger partial charge in [-0.05, 0) is 41.5 Å². The number of aromatic hydroxyl groups is 1. The van der Waals surface area contributed by atoms with Crippen molar-refractivity contribution in [2.75, 3.05) is 14.2 Å². The lowest BCUT2D eigenvalue weighted by Gasteiger charge is -2.15. The van der Waals surface area contributed by atoms with Gasteiger partial charge in [-0.25, -0.2) is 0 Å². The molecule has 6 nitrogen and oxygen atoms in total. The van der Waals surface area contributed by atoms with Gasteiger partial charge in [0.1, 0.15) is 18.1 Å². The van der Waals surface area contributed by atoms with E-state index in [4.69, 9.17) is 18.9 Å². The predicted molar refractivity (Wildman–Crippen MR) is 111 cm³/mol. The second-order valence-corrected chi connectivity index (χ2v) is 6.65. The highest BCUT2D eigenvalue weighted by Crippen LogP contribution is 2.40. The predicted octanol–water partition coefficient (Wildman–Crippen LogP) is 4.60. The van der Waals surface area contributed by atoms with Crippen molar-refractivity contribution in [2.45, 2.75) is 6.61 Å². The third-order valence-corrected chi connectivity index (χ3v) is 4.66. The SMILES string of the molecule is COc1cc(/C=C2\Oc3cc(O)ccc3C2=O)cc(OC)c1OCc1ccccc1. The molecule has 0 saturated heterocycles. The molecule has 0 bridgehead atoms. The number of rotatable bonds is 6. The Morgan fingerprint density at radius 3 is 2.33 bits per heavy atom. The maximum atomic E-state index is 12.6. The largest absolute Gasteiger partial charge is 0.508 e. The topological polar surface area (TPSA) is 74.2 Å². The van der Waals surface area contributed by atoms with Gasteiger partial charge in [0.25, 0.3) is 0 Å². The quantitative estimate of drug-likeness (QED) is 0.605. The Morgan fingerprint density at radius 1 is 0.967 bits per heavy atom. The molecule has 0 fully saturated rings. The normalized spacial score (nSPS) is 13.7. The number of carbonyl (C=O) groups is 1. The molecule has 4 rings (SSSR count). The van der Waals surface area contributed by atoms with Crippen LogP contribution in [-0.4, -0.2) is 25.1 Å².